The van der Waals surface area contributed by atoms with E-state index >= 15 is 0 Å². The highest BCUT2D eigenvalue weighted by Gasteiger charge is 2.10. The van der Waals surface area contributed by atoms with Crippen LogP contribution in [0, 0.1) is 0 Å². The topological polar surface area (TPSA) is 54.2 Å². The summed E-state index contributed by atoms with van der Waals surface area (Å²) in [6, 6.07) is 26.2. The zero-order valence-electron chi connectivity index (χ0n) is 17.1. The van der Waals surface area contributed by atoms with Gasteiger partial charge in [0.05, 0.1) is 5.52 Å². The first-order valence-corrected chi connectivity index (χ1v) is 10.3. The molecule has 4 rings (SSSR count). The number of anilines is 3. The van der Waals surface area contributed by atoms with E-state index in [0.29, 0.717) is 0 Å². The number of benzene rings is 3. The van der Waals surface area contributed by atoms with Gasteiger partial charge < -0.3 is 16.0 Å². The molecule has 0 saturated heterocycles. The molecule has 0 amide bonds. The van der Waals surface area contributed by atoms with Gasteiger partial charge in [0.1, 0.15) is 5.82 Å². The van der Waals surface area contributed by atoms with Crippen molar-refractivity contribution in [3.05, 3.63) is 95.0 Å². The molecular weight excluding hydrogens is 392 g/mol. The van der Waals surface area contributed by atoms with Crippen molar-refractivity contribution in [1.82, 2.24) is 4.98 Å². The van der Waals surface area contributed by atoms with Crippen molar-refractivity contribution in [1.29, 1.82) is 0 Å². The van der Waals surface area contributed by atoms with Crippen LogP contribution in [-0.2, 0) is 6.42 Å². The van der Waals surface area contributed by atoms with Gasteiger partial charge in [-0.15, -0.1) is 0 Å². The van der Waals surface area contributed by atoms with Crippen molar-refractivity contribution < 1.29 is 0 Å². The van der Waals surface area contributed by atoms with Crippen LogP contribution in [0.3, 0.4) is 0 Å². The van der Waals surface area contributed by atoms with Gasteiger partial charge in [0, 0.05) is 48.0 Å². The Morgan fingerprint density at radius 2 is 1.73 bits per heavy atom. The van der Waals surface area contributed by atoms with Crippen LogP contribution in [0.1, 0.15) is 17.2 Å². The van der Waals surface area contributed by atoms with Crippen LogP contribution in [0.5, 0.6) is 0 Å². The number of fused-ring (bicyclic) bond motifs is 1. The molecule has 1 heterocycles. The highest BCUT2D eigenvalue weighted by atomic mass is 35.5. The third-order valence-corrected chi connectivity index (χ3v) is 5.37. The fourth-order valence-electron chi connectivity index (χ4n) is 3.59. The Bertz CT molecular complexity index is 1160. The number of para-hydroxylation sites is 1. The smallest absolute Gasteiger partial charge is 0.133 e. The van der Waals surface area contributed by atoms with Gasteiger partial charge in [-0.25, -0.2) is 4.98 Å². The lowest BCUT2D eigenvalue weighted by atomic mass is 9.99. The number of pyridine rings is 1. The molecule has 0 spiro atoms. The normalized spacial score (nSPS) is 12.0. The molecule has 30 heavy (non-hydrogen) atoms. The summed E-state index contributed by atoms with van der Waals surface area (Å²) in [5.74, 6) is 0.813. The van der Waals surface area contributed by atoms with Crippen LogP contribution in [0.4, 0.5) is 17.2 Å². The monoisotopic (exact) mass is 416 g/mol. The van der Waals surface area contributed by atoms with Crippen molar-refractivity contribution in [2.75, 3.05) is 24.3 Å². The molecule has 3 N–H and O–H groups in total. The number of aromatic nitrogens is 1. The summed E-state index contributed by atoms with van der Waals surface area (Å²) in [6.07, 6.45) is 0.742. The first kappa shape index (κ1) is 20.2. The third kappa shape index (κ3) is 4.56. The lowest BCUT2D eigenvalue weighted by Crippen LogP contribution is -2.13. The van der Waals surface area contributed by atoms with Crippen LogP contribution in [-0.4, -0.2) is 19.1 Å². The SMILES string of the molecule is CN(C)c1cc(Nc2ccc(C(N)Cc3cccc(Cl)c3)cc2)nc2ccccc12. The summed E-state index contributed by atoms with van der Waals surface area (Å²) in [4.78, 5) is 6.86. The molecular formula is C25H25ClN4. The predicted molar refractivity (Wildman–Crippen MR) is 128 cm³/mol. The van der Waals surface area contributed by atoms with Crippen molar-refractivity contribution >= 4 is 39.7 Å². The summed E-state index contributed by atoms with van der Waals surface area (Å²) in [6.45, 7) is 0. The van der Waals surface area contributed by atoms with Gasteiger partial charge in [-0.3, -0.25) is 0 Å². The summed E-state index contributed by atoms with van der Waals surface area (Å²) >= 11 is 6.08. The predicted octanol–water partition coefficient (Wildman–Crippen LogP) is 5.94. The Hall–Kier alpha value is -3.08. The van der Waals surface area contributed by atoms with Gasteiger partial charge in [-0.05, 0) is 47.9 Å². The summed E-state index contributed by atoms with van der Waals surface area (Å²) in [7, 11) is 4.09. The Labute approximate surface area is 182 Å². The van der Waals surface area contributed by atoms with Gasteiger partial charge in [0.15, 0.2) is 0 Å². The largest absolute Gasteiger partial charge is 0.377 e. The molecule has 0 aliphatic heterocycles. The molecule has 5 heteroatoms. The molecule has 4 nitrogen and oxygen atoms in total. The highest BCUT2D eigenvalue weighted by molar-refractivity contribution is 6.30. The van der Waals surface area contributed by atoms with Crippen LogP contribution >= 0.6 is 11.6 Å². The molecule has 1 unspecified atom stereocenters. The third-order valence-electron chi connectivity index (χ3n) is 5.13. The number of hydrogen-bond acceptors (Lipinski definition) is 4. The van der Waals surface area contributed by atoms with E-state index in [1.165, 1.54) is 0 Å². The molecule has 0 aliphatic rings. The number of nitrogens with zero attached hydrogens (tertiary/aromatic N) is 2. The Balaban J connectivity index is 1.52. The minimum Gasteiger partial charge on any atom is -0.377 e. The average Bonchev–Trinajstić information content (AvgIpc) is 2.73. The number of nitrogens with one attached hydrogen (secondary N) is 1. The molecule has 1 atom stereocenters. The number of hydrogen-bond donors (Lipinski definition) is 2. The fraction of sp³-hybridized carbons (Fsp3) is 0.160. The van der Waals surface area contributed by atoms with Crippen molar-refractivity contribution in [2.45, 2.75) is 12.5 Å². The van der Waals surface area contributed by atoms with E-state index in [0.717, 1.165) is 50.7 Å². The number of nitrogens with two attached hydrogens (primary N) is 1. The molecule has 0 saturated carbocycles. The number of halogens is 1. The van der Waals surface area contributed by atoms with Crippen molar-refractivity contribution in [3.63, 3.8) is 0 Å². The van der Waals surface area contributed by atoms with Crippen molar-refractivity contribution in [2.24, 2.45) is 5.73 Å². The fourth-order valence-corrected chi connectivity index (χ4v) is 3.80. The van der Waals surface area contributed by atoms with E-state index in [9.17, 15) is 0 Å². The molecule has 0 bridgehead atoms. The Morgan fingerprint density at radius 3 is 2.47 bits per heavy atom. The molecule has 0 radical (unpaired) electrons. The standard InChI is InChI=1S/C25H25ClN4/c1-30(2)24-16-25(29-23-9-4-3-8-21(23)24)28-20-12-10-18(11-13-20)22(27)15-17-6-5-7-19(26)14-17/h3-14,16,22H,15,27H2,1-2H3,(H,28,29). The summed E-state index contributed by atoms with van der Waals surface area (Å²) in [5, 5.41) is 5.29. The van der Waals surface area contributed by atoms with E-state index in [1.807, 2.05) is 62.6 Å². The Morgan fingerprint density at radius 1 is 0.967 bits per heavy atom. The first-order valence-electron chi connectivity index (χ1n) is 9.94. The second-order valence-corrected chi connectivity index (χ2v) is 8.06. The van der Waals surface area contributed by atoms with Crippen LogP contribution in [0.25, 0.3) is 10.9 Å². The van der Waals surface area contributed by atoms with E-state index in [2.05, 4.69) is 40.5 Å². The number of rotatable bonds is 6. The Kier molecular flexibility index (Phi) is 5.88. The quantitative estimate of drug-likeness (QED) is 0.408. The summed E-state index contributed by atoms with van der Waals surface area (Å²) < 4.78 is 0. The van der Waals surface area contributed by atoms with E-state index in [1.54, 1.807) is 0 Å². The van der Waals surface area contributed by atoms with Crippen LogP contribution in [0.2, 0.25) is 5.02 Å². The van der Waals surface area contributed by atoms with Gasteiger partial charge in [-0.1, -0.05) is 54.1 Å². The van der Waals surface area contributed by atoms with E-state index in [4.69, 9.17) is 22.3 Å². The van der Waals surface area contributed by atoms with Gasteiger partial charge in [0.2, 0.25) is 0 Å². The van der Waals surface area contributed by atoms with Gasteiger partial charge in [0.25, 0.3) is 0 Å². The maximum atomic E-state index is 6.41. The van der Waals surface area contributed by atoms with E-state index < -0.39 is 0 Å². The first-order chi connectivity index (χ1) is 14.5. The maximum absolute atomic E-state index is 6.41. The van der Waals surface area contributed by atoms with Crippen LogP contribution < -0.4 is 16.0 Å². The second-order valence-electron chi connectivity index (χ2n) is 7.63. The average molecular weight is 417 g/mol. The molecule has 1 aromatic heterocycles. The molecule has 4 aromatic rings. The van der Waals surface area contributed by atoms with E-state index in [-0.39, 0.29) is 6.04 Å². The molecule has 3 aromatic carbocycles. The molecule has 152 valence electrons. The molecule has 0 fully saturated rings. The minimum atomic E-state index is -0.0864. The zero-order chi connectivity index (χ0) is 21.1. The van der Waals surface area contributed by atoms with Crippen LogP contribution in [0.15, 0.2) is 78.9 Å². The highest BCUT2D eigenvalue weighted by Crippen LogP contribution is 2.29. The summed E-state index contributed by atoms with van der Waals surface area (Å²) in [5.41, 5.74) is 11.7. The lowest BCUT2D eigenvalue weighted by molar-refractivity contribution is 0.722. The van der Waals surface area contributed by atoms with Gasteiger partial charge in [-0.2, -0.15) is 0 Å². The maximum Gasteiger partial charge on any atom is 0.133 e. The molecule has 0 aliphatic carbocycles. The lowest BCUT2D eigenvalue weighted by Gasteiger charge is -2.18. The minimum absolute atomic E-state index is 0.0864. The van der Waals surface area contributed by atoms with Crippen molar-refractivity contribution in [3.8, 4) is 0 Å². The zero-order valence-corrected chi connectivity index (χ0v) is 17.9. The second kappa shape index (κ2) is 8.74. The van der Waals surface area contributed by atoms with Gasteiger partial charge >= 0.3 is 0 Å².